The van der Waals surface area contributed by atoms with Crippen LogP contribution in [0.4, 0.5) is 5.69 Å². The summed E-state index contributed by atoms with van der Waals surface area (Å²) in [7, 11) is 0. The van der Waals surface area contributed by atoms with Gasteiger partial charge < -0.3 is 9.64 Å². The zero-order chi connectivity index (χ0) is 21.8. The van der Waals surface area contributed by atoms with E-state index in [-0.39, 0.29) is 31.3 Å². The summed E-state index contributed by atoms with van der Waals surface area (Å²) in [5.41, 5.74) is 4.45. The molecule has 0 aromatic heterocycles. The van der Waals surface area contributed by atoms with Crippen LogP contribution in [0.25, 0.3) is 0 Å². The predicted molar refractivity (Wildman–Crippen MR) is 117 cm³/mol. The van der Waals surface area contributed by atoms with Crippen molar-refractivity contribution < 1.29 is 19.1 Å². The first-order valence-electron chi connectivity index (χ1n) is 10.5. The zero-order valence-corrected chi connectivity index (χ0v) is 18.1. The average molecular weight is 408 g/mol. The molecule has 30 heavy (non-hydrogen) atoms. The van der Waals surface area contributed by atoms with Crippen molar-refractivity contribution in [3.8, 4) is 0 Å². The number of amides is 1. The monoisotopic (exact) mass is 407 g/mol. The summed E-state index contributed by atoms with van der Waals surface area (Å²) in [4.78, 5) is 39.3. The van der Waals surface area contributed by atoms with Crippen molar-refractivity contribution >= 4 is 23.3 Å². The van der Waals surface area contributed by atoms with Crippen LogP contribution in [-0.2, 0) is 14.3 Å². The second-order valence-electron chi connectivity index (χ2n) is 8.12. The summed E-state index contributed by atoms with van der Waals surface area (Å²) in [6, 6.07) is 13.4. The van der Waals surface area contributed by atoms with E-state index in [0.29, 0.717) is 11.5 Å². The van der Waals surface area contributed by atoms with Crippen molar-refractivity contribution in [1.82, 2.24) is 0 Å². The lowest BCUT2D eigenvalue weighted by Gasteiger charge is -2.23. The smallest absolute Gasteiger partial charge is 0.311 e. The number of benzene rings is 2. The highest BCUT2D eigenvalue weighted by molar-refractivity contribution is 6.01. The molecule has 2 aromatic rings. The predicted octanol–water partition coefficient (Wildman–Crippen LogP) is 4.60. The maximum atomic E-state index is 12.6. The summed E-state index contributed by atoms with van der Waals surface area (Å²) in [5.74, 6) is -1.06. The van der Waals surface area contributed by atoms with Gasteiger partial charge in [0, 0.05) is 24.2 Å². The van der Waals surface area contributed by atoms with Gasteiger partial charge in [-0.2, -0.15) is 0 Å². The molecule has 1 aliphatic heterocycles. The molecule has 0 aliphatic carbocycles. The van der Waals surface area contributed by atoms with Gasteiger partial charge in [-0.3, -0.25) is 14.4 Å². The van der Waals surface area contributed by atoms with Crippen LogP contribution in [0.1, 0.15) is 59.7 Å². The number of ether oxygens (including phenoxy) is 1. The van der Waals surface area contributed by atoms with E-state index in [1.807, 2.05) is 50.2 Å². The summed E-state index contributed by atoms with van der Waals surface area (Å²) >= 11 is 0. The van der Waals surface area contributed by atoms with E-state index in [1.165, 1.54) is 0 Å². The number of esters is 1. The van der Waals surface area contributed by atoms with Crippen molar-refractivity contribution in [2.45, 2.75) is 46.5 Å². The summed E-state index contributed by atoms with van der Waals surface area (Å²) in [5, 5.41) is 0. The topological polar surface area (TPSA) is 63.7 Å². The zero-order valence-electron chi connectivity index (χ0n) is 18.1. The summed E-state index contributed by atoms with van der Waals surface area (Å²) in [6.45, 7) is 8.04. The lowest BCUT2D eigenvalue weighted by atomic mass is 9.96. The third-order valence-electron chi connectivity index (χ3n) is 5.86. The number of hydrogen-bond donors (Lipinski definition) is 0. The van der Waals surface area contributed by atoms with Gasteiger partial charge in [-0.25, -0.2) is 0 Å². The standard InChI is InChI=1S/C25H29NO4/c1-5-17(3)20-8-6-7-9-22(20)26-14-19(13-24(26)28)25(29)30-15-23(27)21-11-10-16(2)12-18(21)4/h6-12,17,19H,5,13-15H2,1-4H3/t17-,19+/m0/s1. The van der Waals surface area contributed by atoms with Crippen LogP contribution in [0.5, 0.6) is 0 Å². The van der Waals surface area contributed by atoms with Crippen molar-refractivity contribution in [1.29, 1.82) is 0 Å². The molecule has 1 heterocycles. The molecule has 1 saturated heterocycles. The third kappa shape index (κ3) is 4.61. The molecule has 0 N–H and O–H groups in total. The second-order valence-corrected chi connectivity index (χ2v) is 8.12. The van der Waals surface area contributed by atoms with Crippen LogP contribution in [0.2, 0.25) is 0 Å². The van der Waals surface area contributed by atoms with Crippen molar-refractivity contribution in [3.63, 3.8) is 0 Å². The summed E-state index contributed by atoms with van der Waals surface area (Å²) in [6.07, 6.45) is 1.07. The Morgan fingerprint density at radius 2 is 1.90 bits per heavy atom. The minimum atomic E-state index is -0.561. The minimum absolute atomic E-state index is 0.0894. The van der Waals surface area contributed by atoms with E-state index in [4.69, 9.17) is 4.74 Å². The van der Waals surface area contributed by atoms with Gasteiger partial charge in [0.2, 0.25) is 11.7 Å². The number of anilines is 1. The number of hydrogen-bond acceptors (Lipinski definition) is 4. The van der Waals surface area contributed by atoms with Gasteiger partial charge in [-0.1, -0.05) is 55.8 Å². The Balaban J connectivity index is 1.65. The number of ketones is 1. The van der Waals surface area contributed by atoms with Crippen molar-refractivity contribution in [2.24, 2.45) is 5.92 Å². The fourth-order valence-corrected chi connectivity index (χ4v) is 3.93. The lowest BCUT2D eigenvalue weighted by molar-refractivity contribution is -0.147. The Bertz CT molecular complexity index is 965. The van der Waals surface area contributed by atoms with Crippen LogP contribution in [0.3, 0.4) is 0 Å². The molecule has 158 valence electrons. The molecule has 1 fully saturated rings. The molecule has 5 heteroatoms. The maximum absolute atomic E-state index is 12.6. The Morgan fingerprint density at radius 3 is 2.60 bits per heavy atom. The Hall–Kier alpha value is -2.95. The highest BCUT2D eigenvalue weighted by Gasteiger charge is 2.37. The molecule has 2 atom stereocenters. The minimum Gasteiger partial charge on any atom is -0.457 e. The number of Topliss-reactive ketones (excluding diaryl/α,β-unsaturated/α-hetero) is 1. The SMILES string of the molecule is CC[C@H](C)c1ccccc1N1C[C@H](C(=O)OCC(=O)c2ccc(C)cc2C)CC1=O. The molecule has 0 unspecified atom stereocenters. The molecule has 3 rings (SSSR count). The van der Waals surface area contributed by atoms with E-state index >= 15 is 0 Å². The Kier molecular flexibility index (Phi) is 6.70. The van der Waals surface area contributed by atoms with E-state index in [9.17, 15) is 14.4 Å². The average Bonchev–Trinajstić information content (AvgIpc) is 3.12. The lowest BCUT2D eigenvalue weighted by Crippen LogP contribution is -2.28. The van der Waals surface area contributed by atoms with E-state index in [2.05, 4.69) is 13.8 Å². The first-order chi connectivity index (χ1) is 14.3. The molecule has 1 aliphatic rings. The number of rotatable bonds is 7. The molecule has 0 radical (unpaired) electrons. The van der Waals surface area contributed by atoms with Gasteiger partial charge in [0.25, 0.3) is 0 Å². The van der Waals surface area contributed by atoms with Crippen LogP contribution in [-0.4, -0.2) is 30.8 Å². The number of nitrogens with zero attached hydrogens (tertiary/aromatic N) is 1. The van der Waals surface area contributed by atoms with Crippen LogP contribution in [0, 0.1) is 19.8 Å². The van der Waals surface area contributed by atoms with E-state index in [1.54, 1.807) is 11.0 Å². The van der Waals surface area contributed by atoms with Crippen LogP contribution in [0.15, 0.2) is 42.5 Å². The highest BCUT2D eigenvalue weighted by atomic mass is 16.5. The number of carbonyl (C=O) groups is 3. The Morgan fingerprint density at radius 1 is 1.17 bits per heavy atom. The van der Waals surface area contributed by atoms with E-state index < -0.39 is 11.9 Å². The first kappa shape index (κ1) is 21.8. The number of para-hydroxylation sites is 1. The van der Waals surface area contributed by atoms with Crippen molar-refractivity contribution in [2.75, 3.05) is 18.1 Å². The molecular weight excluding hydrogens is 378 g/mol. The first-order valence-corrected chi connectivity index (χ1v) is 10.5. The second kappa shape index (κ2) is 9.24. The highest BCUT2D eigenvalue weighted by Crippen LogP contribution is 2.33. The molecule has 5 nitrogen and oxygen atoms in total. The van der Waals surface area contributed by atoms with Gasteiger partial charge in [0.1, 0.15) is 0 Å². The molecule has 0 saturated carbocycles. The number of carbonyl (C=O) groups excluding carboxylic acids is 3. The molecule has 1 amide bonds. The normalized spacial score (nSPS) is 17.1. The third-order valence-corrected chi connectivity index (χ3v) is 5.86. The fraction of sp³-hybridized carbons (Fsp3) is 0.400. The largest absolute Gasteiger partial charge is 0.457 e. The van der Waals surface area contributed by atoms with Gasteiger partial charge >= 0.3 is 5.97 Å². The fourth-order valence-electron chi connectivity index (χ4n) is 3.93. The van der Waals surface area contributed by atoms with Crippen LogP contribution < -0.4 is 4.90 Å². The molecule has 0 bridgehead atoms. The van der Waals surface area contributed by atoms with Gasteiger partial charge in [0.15, 0.2) is 6.61 Å². The Labute approximate surface area is 178 Å². The van der Waals surface area contributed by atoms with Gasteiger partial charge in [-0.05, 0) is 43.4 Å². The van der Waals surface area contributed by atoms with Crippen LogP contribution >= 0.6 is 0 Å². The molecular formula is C25H29NO4. The van der Waals surface area contributed by atoms with Crippen molar-refractivity contribution in [3.05, 3.63) is 64.7 Å². The summed E-state index contributed by atoms with van der Waals surface area (Å²) < 4.78 is 5.29. The van der Waals surface area contributed by atoms with E-state index in [0.717, 1.165) is 28.8 Å². The van der Waals surface area contributed by atoms with Gasteiger partial charge in [0.05, 0.1) is 5.92 Å². The van der Waals surface area contributed by atoms with Gasteiger partial charge in [-0.15, -0.1) is 0 Å². The molecule has 0 spiro atoms. The molecule has 2 aromatic carbocycles. The number of aryl methyl sites for hydroxylation is 2. The maximum Gasteiger partial charge on any atom is 0.311 e. The quantitative estimate of drug-likeness (QED) is 0.497.